The Morgan fingerprint density at radius 2 is 1.32 bits per heavy atom. The number of ketones is 1. The van der Waals surface area contributed by atoms with E-state index in [1.807, 2.05) is 54.6 Å². The lowest BCUT2D eigenvalue weighted by Gasteiger charge is -2.28. The van der Waals surface area contributed by atoms with E-state index in [0.29, 0.717) is 6.42 Å². The third-order valence-electron chi connectivity index (χ3n) is 4.47. The Morgan fingerprint density at radius 3 is 1.92 bits per heavy atom. The van der Waals surface area contributed by atoms with Crippen LogP contribution in [-0.2, 0) is 6.54 Å². The van der Waals surface area contributed by atoms with Gasteiger partial charge in [0, 0.05) is 24.6 Å². The smallest absolute Gasteiger partial charge is 0.164 e. The Labute approximate surface area is 149 Å². The minimum Gasteiger partial charge on any atom is -0.295 e. The topological polar surface area (TPSA) is 20.3 Å². The molecule has 3 aromatic rings. The van der Waals surface area contributed by atoms with Crippen LogP contribution in [0.5, 0.6) is 0 Å². The first-order valence-corrected chi connectivity index (χ1v) is 8.61. The van der Waals surface area contributed by atoms with E-state index in [1.165, 1.54) is 11.1 Å². The molecule has 2 heteroatoms. The molecule has 2 nitrogen and oxygen atoms in total. The first-order chi connectivity index (χ1) is 12.2. The molecule has 126 valence electrons. The summed E-state index contributed by atoms with van der Waals surface area (Å²) in [4.78, 5) is 15.0. The first kappa shape index (κ1) is 17.1. The summed E-state index contributed by atoms with van der Waals surface area (Å²) in [6.45, 7) is 0.808. The highest BCUT2D eigenvalue weighted by atomic mass is 16.1. The number of benzene rings is 3. The van der Waals surface area contributed by atoms with E-state index < -0.39 is 0 Å². The monoisotopic (exact) mass is 329 g/mol. The van der Waals surface area contributed by atoms with Gasteiger partial charge >= 0.3 is 0 Å². The molecule has 0 radical (unpaired) electrons. The summed E-state index contributed by atoms with van der Waals surface area (Å²) in [6.07, 6.45) is 0.470. The van der Waals surface area contributed by atoms with Crippen LogP contribution in [0.15, 0.2) is 91.0 Å². The van der Waals surface area contributed by atoms with Crippen LogP contribution in [0.2, 0.25) is 0 Å². The largest absolute Gasteiger partial charge is 0.295 e. The minimum atomic E-state index is 0.0501. The molecule has 0 aliphatic heterocycles. The molecule has 0 saturated carbocycles. The van der Waals surface area contributed by atoms with E-state index in [4.69, 9.17) is 0 Å². The quantitative estimate of drug-likeness (QED) is 0.560. The Hall–Kier alpha value is -2.71. The number of Topliss-reactive ketones (excluding diaryl/α,β-unsaturated/α-hetero) is 1. The second-order valence-corrected chi connectivity index (χ2v) is 6.32. The molecule has 0 bridgehead atoms. The first-order valence-electron chi connectivity index (χ1n) is 8.61. The van der Waals surface area contributed by atoms with Gasteiger partial charge in [0.05, 0.1) is 0 Å². The van der Waals surface area contributed by atoms with Gasteiger partial charge in [0.25, 0.3) is 0 Å². The van der Waals surface area contributed by atoms with Gasteiger partial charge in [0.15, 0.2) is 5.78 Å². The lowest BCUT2D eigenvalue weighted by Crippen LogP contribution is -2.26. The average molecular weight is 329 g/mol. The van der Waals surface area contributed by atoms with Crippen LogP contribution in [0.3, 0.4) is 0 Å². The number of rotatable bonds is 7. The number of hydrogen-bond donors (Lipinski definition) is 0. The molecule has 3 aromatic carbocycles. The van der Waals surface area contributed by atoms with Crippen molar-refractivity contribution in [1.82, 2.24) is 4.90 Å². The predicted octanol–water partition coefficient (Wildman–Crippen LogP) is 5.13. The van der Waals surface area contributed by atoms with E-state index in [1.54, 1.807) is 0 Å². The van der Waals surface area contributed by atoms with Gasteiger partial charge in [0.2, 0.25) is 0 Å². The molecule has 3 rings (SSSR count). The fraction of sp³-hybridized carbons (Fsp3) is 0.174. The highest BCUT2D eigenvalue weighted by molar-refractivity contribution is 5.96. The summed E-state index contributed by atoms with van der Waals surface area (Å²) in [5.41, 5.74) is 3.19. The van der Waals surface area contributed by atoms with Gasteiger partial charge in [-0.3, -0.25) is 9.69 Å². The van der Waals surface area contributed by atoms with Crippen molar-refractivity contribution in [3.8, 4) is 0 Å². The van der Waals surface area contributed by atoms with Gasteiger partial charge in [0.1, 0.15) is 0 Å². The summed E-state index contributed by atoms with van der Waals surface area (Å²) in [7, 11) is 2.09. The van der Waals surface area contributed by atoms with Crippen molar-refractivity contribution in [2.24, 2.45) is 0 Å². The molecular formula is C23H23NO. The highest BCUT2D eigenvalue weighted by Gasteiger charge is 2.21. The summed E-state index contributed by atoms with van der Waals surface area (Å²) in [5.74, 6) is 0.175. The van der Waals surface area contributed by atoms with Crippen molar-refractivity contribution in [3.05, 3.63) is 108 Å². The van der Waals surface area contributed by atoms with Crippen LogP contribution >= 0.6 is 0 Å². The van der Waals surface area contributed by atoms with Crippen molar-refractivity contribution in [1.29, 1.82) is 0 Å². The molecule has 0 spiro atoms. The Kier molecular flexibility index (Phi) is 5.76. The van der Waals surface area contributed by atoms with Gasteiger partial charge in [-0.05, 0) is 18.2 Å². The molecule has 25 heavy (non-hydrogen) atoms. The van der Waals surface area contributed by atoms with Crippen molar-refractivity contribution in [2.75, 3.05) is 7.05 Å². The summed E-state index contributed by atoms with van der Waals surface area (Å²) in [6, 6.07) is 30.3. The molecule has 0 heterocycles. The van der Waals surface area contributed by atoms with Gasteiger partial charge in [-0.1, -0.05) is 91.0 Å². The maximum Gasteiger partial charge on any atom is 0.164 e. The number of hydrogen-bond acceptors (Lipinski definition) is 2. The predicted molar refractivity (Wildman–Crippen MR) is 102 cm³/mol. The van der Waals surface area contributed by atoms with E-state index >= 15 is 0 Å². The summed E-state index contributed by atoms with van der Waals surface area (Å²) in [5, 5.41) is 0. The Bertz CT molecular complexity index is 784. The zero-order chi connectivity index (χ0) is 17.5. The van der Waals surface area contributed by atoms with E-state index in [-0.39, 0.29) is 11.8 Å². The third-order valence-corrected chi connectivity index (χ3v) is 4.47. The molecule has 1 unspecified atom stereocenters. The average Bonchev–Trinajstić information content (AvgIpc) is 2.68. The van der Waals surface area contributed by atoms with Gasteiger partial charge in [-0.25, -0.2) is 0 Å². The number of carbonyl (C=O) groups excluding carboxylic acids is 1. The fourth-order valence-electron chi connectivity index (χ4n) is 3.10. The maximum atomic E-state index is 12.8. The molecule has 0 aliphatic carbocycles. The van der Waals surface area contributed by atoms with Crippen LogP contribution in [0.1, 0.15) is 33.9 Å². The summed E-state index contributed by atoms with van der Waals surface area (Å²) >= 11 is 0. The van der Waals surface area contributed by atoms with Crippen molar-refractivity contribution >= 4 is 5.78 Å². The zero-order valence-electron chi connectivity index (χ0n) is 14.5. The lowest BCUT2D eigenvalue weighted by molar-refractivity contribution is 0.0929. The van der Waals surface area contributed by atoms with E-state index in [2.05, 4.69) is 48.3 Å². The molecule has 0 aromatic heterocycles. The molecule has 0 amide bonds. The van der Waals surface area contributed by atoms with Crippen LogP contribution in [-0.4, -0.2) is 17.7 Å². The van der Waals surface area contributed by atoms with Gasteiger partial charge in [-0.2, -0.15) is 0 Å². The normalized spacial score (nSPS) is 12.1. The van der Waals surface area contributed by atoms with Gasteiger partial charge in [-0.15, -0.1) is 0 Å². The minimum absolute atomic E-state index is 0.0501. The standard InChI is InChI=1S/C23H23NO/c1-24(18-19-11-5-2-6-12-19)22(20-13-7-3-8-14-20)17-23(25)21-15-9-4-10-16-21/h2-16,22H,17-18H2,1H3. The van der Waals surface area contributed by atoms with Crippen LogP contribution in [0.4, 0.5) is 0 Å². The maximum absolute atomic E-state index is 12.8. The SMILES string of the molecule is CN(Cc1ccccc1)C(CC(=O)c1ccccc1)c1ccccc1. The fourth-order valence-corrected chi connectivity index (χ4v) is 3.10. The molecule has 0 saturated heterocycles. The van der Waals surface area contributed by atoms with Crippen LogP contribution in [0, 0.1) is 0 Å². The molecular weight excluding hydrogens is 306 g/mol. The third kappa shape index (κ3) is 4.65. The number of carbonyl (C=O) groups is 1. The lowest BCUT2D eigenvalue weighted by atomic mass is 9.96. The van der Waals surface area contributed by atoms with E-state index in [0.717, 1.165) is 12.1 Å². The van der Waals surface area contributed by atoms with Crippen LogP contribution in [0.25, 0.3) is 0 Å². The molecule has 0 aliphatic rings. The Morgan fingerprint density at radius 1 is 0.800 bits per heavy atom. The van der Waals surface area contributed by atoms with Crippen molar-refractivity contribution in [3.63, 3.8) is 0 Å². The van der Waals surface area contributed by atoms with Crippen molar-refractivity contribution < 1.29 is 4.79 Å². The van der Waals surface area contributed by atoms with Gasteiger partial charge < -0.3 is 0 Å². The summed E-state index contributed by atoms with van der Waals surface area (Å²) < 4.78 is 0. The van der Waals surface area contributed by atoms with Crippen molar-refractivity contribution in [2.45, 2.75) is 19.0 Å². The molecule has 0 fully saturated rings. The highest BCUT2D eigenvalue weighted by Crippen LogP contribution is 2.26. The zero-order valence-corrected chi connectivity index (χ0v) is 14.5. The molecule has 1 atom stereocenters. The van der Waals surface area contributed by atoms with E-state index in [9.17, 15) is 4.79 Å². The van der Waals surface area contributed by atoms with Crippen LogP contribution < -0.4 is 0 Å². The molecule has 0 N–H and O–H groups in total. The second kappa shape index (κ2) is 8.41. The second-order valence-electron chi connectivity index (χ2n) is 6.32. The Balaban J connectivity index is 1.81. The number of nitrogens with zero attached hydrogens (tertiary/aromatic N) is 1.